The van der Waals surface area contributed by atoms with Crippen LogP contribution in [0, 0.1) is 17.8 Å². The average molecular weight is 441 g/mol. The first-order valence-corrected chi connectivity index (χ1v) is 13.2. The van der Waals surface area contributed by atoms with Gasteiger partial charge in [-0.05, 0) is 56.8 Å². The van der Waals surface area contributed by atoms with Gasteiger partial charge in [0.15, 0.2) is 0 Å². The molecule has 1 atom stereocenters. The molecule has 0 N–H and O–H groups in total. The summed E-state index contributed by atoms with van der Waals surface area (Å²) in [5, 5.41) is 0. The van der Waals surface area contributed by atoms with E-state index in [0.29, 0.717) is 31.5 Å². The van der Waals surface area contributed by atoms with Gasteiger partial charge in [0.05, 0.1) is 19.1 Å². The molecule has 0 radical (unpaired) electrons. The summed E-state index contributed by atoms with van der Waals surface area (Å²) in [6, 6.07) is 0. The van der Waals surface area contributed by atoms with Gasteiger partial charge in [0.2, 0.25) is 0 Å². The van der Waals surface area contributed by atoms with Gasteiger partial charge < -0.3 is 9.47 Å². The van der Waals surface area contributed by atoms with Crippen LogP contribution in [0.1, 0.15) is 131 Å². The van der Waals surface area contributed by atoms with E-state index in [1.165, 1.54) is 32.1 Å². The maximum atomic E-state index is 12.2. The highest BCUT2D eigenvalue weighted by atomic mass is 16.5. The molecule has 0 saturated heterocycles. The van der Waals surface area contributed by atoms with Gasteiger partial charge in [0.25, 0.3) is 0 Å². The Labute approximate surface area is 193 Å². The van der Waals surface area contributed by atoms with E-state index in [4.69, 9.17) is 9.47 Å². The van der Waals surface area contributed by atoms with Crippen LogP contribution in [0.4, 0.5) is 0 Å². The van der Waals surface area contributed by atoms with Crippen molar-refractivity contribution in [3.8, 4) is 0 Å². The minimum atomic E-state index is -0.0346. The van der Waals surface area contributed by atoms with Crippen LogP contribution >= 0.6 is 0 Å². The van der Waals surface area contributed by atoms with E-state index in [0.717, 1.165) is 57.8 Å². The fraction of sp³-hybridized carbons (Fsp3) is 0.926. The van der Waals surface area contributed by atoms with Gasteiger partial charge in [-0.1, -0.05) is 79.6 Å². The molecule has 0 aliphatic heterocycles. The van der Waals surface area contributed by atoms with Crippen molar-refractivity contribution in [2.75, 3.05) is 13.2 Å². The number of esters is 2. The standard InChI is InChI=1S/C27H52O4/c1-6-25(27(29)31-22-16-18-24(4)5)19-13-11-9-7-8-10-12-14-20-26(28)30-21-15-17-23(2)3/h23-25H,6-22H2,1-5H3. The normalized spacial score (nSPS) is 12.4. The van der Waals surface area contributed by atoms with Gasteiger partial charge in [0, 0.05) is 6.42 Å². The topological polar surface area (TPSA) is 52.6 Å². The predicted molar refractivity (Wildman–Crippen MR) is 130 cm³/mol. The Morgan fingerprint density at radius 3 is 1.61 bits per heavy atom. The van der Waals surface area contributed by atoms with Crippen molar-refractivity contribution in [3.05, 3.63) is 0 Å². The van der Waals surface area contributed by atoms with Crippen LogP contribution in [0.2, 0.25) is 0 Å². The van der Waals surface area contributed by atoms with Crippen LogP contribution in [-0.2, 0) is 19.1 Å². The smallest absolute Gasteiger partial charge is 0.308 e. The third kappa shape index (κ3) is 20.6. The predicted octanol–water partition coefficient (Wildman–Crippen LogP) is 7.87. The quantitative estimate of drug-likeness (QED) is 0.135. The summed E-state index contributed by atoms with van der Waals surface area (Å²) in [6.45, 7) is 12.0. The summed E-state index contributed by atoms with van der Waals surface area (Å²) in [7, 11) is 0. The highest BCUT2D eigenvalue weighted by Crippen LogP contribution is 2.18. The van der Waals surface area contributed by atoms with Crippen LogP contribution in [0.3, 0.4) is 0 Å². The zero-order valence-electron chi connectivity index (χ0n) is 21.4. The summed E-state index contributed by atoms with van der Waals surface area (Å²) in [6.07, 6.45) is 15.9. The highest BCUT2D eigenvalue weighted by molar-refractivity contribution is 5.72. The van der Waals surface area contributed by atoms with Crippen LogP contribution < -0.4 is 0 Å². The van der Waals surface area contributed by atoms with Crippen molar-refractivity contribution in [3.63, 3.8) is 0 Å². The van der Waals surface area contributed by atoms with Gasteiger partial charge in [-0.25, -0.2) is 0 Å². The fourth-order valence-corrected chi connectivity index (χ4v) is 3.74. The third-order valence-electron chi connectivity index (χ3n) is 5.87. The average Bonchev–Trinajstić information content (AvgIpc) is 2.72. The van der Waals surface area contributed by atoms with E-state index in [-0.39, 0.29) is 17.9 Å². The Morgan fingerprint density at radius 2 is 1.10 bits per heavy atom. The van der Waals surface area contributed by atoms with Crippen molar-refractivity contribution < 1.29 is 19.1 Å². The van der Waals surface area contributed by atoms with Crippen LogP contribution in [0.25, 0.3) is 0 Å². The third-order valence-corrected chi connectivity index (χ3v) is 5.87. The number of rotatable bonds is 21. The molecule has 4 nitrogen and oxygen atoms in total. The van der Waals surface area contributed by atoms with Crippen LogP contribution in [-0.4, -0.2) is 25.2 Å². The zero-order chi connectivity index (χ0) is 23.3. The molecule has 0 heterocycles. The first kappa shape index (κ1) is 29.9. The van der Waals surface area contributed by atoms with Crippen LogP contribution in [0.5, 0.6) is 0 Å². The molecule has 0 rings (SSSR count). The van der Waals surface area contributed by atoms with Crippen molar-refractivity contribution in [2.45, 2.75) is 131 Å². The van der Waals surface area contributed by atoms with E-state index >= 15 is 0 Å². The van der Waals surface area contributed by atoms with Crippen molar-refractivity contribution >= 4 is 11.9 Å². The highest BCUT2D eigenvalue weighted by Gasteiger charge is 2.17. The van der Waals surface area contributed by atoms with E-state index < -0.39 is 0 Å². The fourth-order valence-electron chi connectivity index (χ4n) is 3.74. The van der Waals surface area contributed by atoms with Gasteiger partial charge in [-0.2, -0.15) is 0 Å². The molecule has 0 aliphatic carbocycles. The van der Waals surface area contributed by atoms with Gasteiger partial charge in [-0.3, -0.25) is 9.59 Å². The molecule has 0 aliphatic rings. The molecule has 1 unspecified atom stereocenters. The maximum absolute atomic E-state index is 12.2. The number of unbranched alkanes of at least 4 members (excludes halogenated alkanes) is 7. The Bertz CT molecular complexity index is 431. The zero-order valence-corrected chi connectivity index (χ0v) is 21.4. The second-order valence-corrected chi connectivity index (χ2v) is 9.93. The molecular formula is C27H52O4. The molecule has 0 aromatic carbocycles. The number of carbonyl (C=O) groups is 2. The lowest BCUT2D eigenvalue weighted by Gasteiger charge is -2.14. The second kappa shape index (κ2) is 20.8. The van der Waals surface area contributed by atoms with Gasteiger partial charge in [0.1, 0.15) is 0 Å². The summed E-state index contributed by atoms with van der Waals surface area (Å²) in [5.41, 5.74) is 0. The van der Waals surface area contributed by atoms with E-state index in [1.807, 2.05) is 0 Å². The van der Waals surface area contributed by atoms with Crippen molar-refractivity contribution in [2.24, 2.45) is 17.8 Å². The number of hydrogen-bond acceptors (Lipinski definition) is 4. The van der Waals surface area contributed by atoms with Gasteiger partial charge in [-0.15, -0.1) is 0 Å². The monoisotopic (exact) mass is 440 g/mol. The minimum Gasteiger partial charge on any atom is -0.466 e. The summed E-state index contributed by atoms with van der Waals surface area (Å²) >= 11 is 0. The minimum absolute atomic E-state index is 0.00436. The maximum Gasteiger partial charge on any atom is 0.308 e. The molecular weight excluding hydrogens is 388 g/mol. The molecule has 0 aromatic heterocycles. The molecule has 0 aromatic rings. The van der Waals surface area contributed by atoms with Crippen LogP contribution in [0.15, 0.2) is 0 Å². The second-order valence-electron chi connectivity index (χ2n) is 9.93. The van der Waals surface area contributed by atoms with E-state index in [2.05, 4.69) is 34.6 Å². The number of hydrogen-bond donors (Lipinski definition) is 0. The molecule has 0 spiro atoms. The lowest BCUT2D eigenvalue weighted by molar-refractivity contribution is -0.149. The van der Waals surface area contributed by atoms with E-state index in [9.17, 15) is 9.59 Å². The summed E-state index contributed by atoms with van der Waals surface area (Å²) in [5.74, 6) is 1.39. The Hall–Kier alpha value is -1.06. The Morgan fingerprint density at radius 1 is 0.613 bits per heavy atom. The van der Waals surface area contributed by atoms with Crippen molar-refractivity contribution in [1.29, 1.82) is 0 Å². The number of carbonyl (C=O) groups excluding carboxylic acids is 2. The molecule has 4 heteroatoms. The first-order valence-electron chi connectivity index (χ1n) is 13.2. The molecule has 0 saturated carbocycles. The molecule has 0 bridgehead atoms. The molecule has 31 heavy (non-hydrogen) atoms. The van der Waals surface area contributed by atoms with Crippen molar-refractivity contribution in [1.82, 2.24) is 0 Å². The van der Waals surface area contributed by atoms with Gasteiger partial charge >= 0.3 is 11.9 Å². The Balaban J connectivity index is 3.51. The molecule has 0 fully saturated rings. The summed E-state index contributed by atoms with van der Waals surface area (Å²) in [4.78, 5) is 23.8. The SMILES string of the molecule is CCC(CCCCCCCCCCC(=O)OCCCC(C)C)C(=O)OCCCC(C)C. The lowest BCUT2D eigenvalue weighted by Crippen LogP contribution is -2.18. The molecule has 0 amide bonds. The first-order chi connectivity index (χ1) is 14.9. The summed E-state index contributed by atoms with van der Waals surface area (Å²) < 4.78 is 10.7. The number of ether oxygens (including phenoxy) is 2. The van der Waals surface area contributed by atoms with E-state index in [1.54, 1.807) is 0 Å². The lowest BCUT2D eigenvalue weighted by atomic mass is 9.98. The largest absolute Gasteiger partial charge is 0.466 e. The Kier molecular flexibility index (Phi) is 20.1. The molecule has 184 valence electrons.